The molecule has 2 aromatic carbocycles. The van der Waals surface area contributed by atoms with Gasteiger partial charge in [0.15, 0.2) is 5.78 Å². The Labute approximate surface area is 151 Å². The van der Waals surface area contributed by atoms with Gasteiger partial charge in [-0.2, -0.15) is 0 Å². The quantitative estimate of drug-likeness (QED) is 0.824. The predicted molar refractivity (Wildman–Crippen MR) is 93.3 cm³/mol. The predicted octanol–water partition coefficient (Wildman–Crippen LogP) is 3.77. The fraction of sp³-hybridized carbons (Fsp3) is 0.350. The molecule has 1 atom stereocenters. The van der Waals surface area contributed by atoms with E-state index in [1.54, 1.807) is 25.3 Å². The molecule has 0 saturated carbocycles. The largest absolute Gasteiger partial charge is 0.508 e. The van der Waals surface area contributed by atoms with Gasteiger partial charge in [0.05, 0.1) is 12.7 Å². The number of nitrogens with zero attached hydrogens (tertiary/aromatic N) is 1. The summed E-state index contributed by atoms with van der Waals surface area (Å²) in [5.74, 6) is -1.28. The number of likely N-dealkylation sites (tertiary alicyclic amines) is 1. The summed E-state index contributed by atoms with van der Waals surface area (Å²) in [6.45, 7) is 1.66. The number of aromatic hydroxyl groups is 1. The van der Waals surface area contributed by atoms with Crippen LogP contribution in [-0.4, -0.2) is 36.0 Å². The molecule has 4 nitrogen and oxygen atoms in total. The number of ether oxygens (including phenoxy) is 1. The molecule has 1 aliphatic rings. The average Bonchev–Trinajstić information content (AvgIpc) is 2.65. The van der Waals surface area contributed by atoms with Gasteiger partial charge in [0.2, 0.25) is 0 Å². The van der Waals surface area contributed by atoms with Crippen molar-refractivity contribution in [2.24, 2.45) is 5.92 Å². The Hall–Kier alpha value is -2.47. The van der Waals surface area contributed by atoms with Crippen molar-refractivity contribution in [2.45, 2.75) is 19.4 Å². The molecule has 2 aromatic rings. The first kappa shape index (κ1) is 18.3. The molecule has 1 fully saturated rings. The molecule has 0 unspecified atom stereocenters. The van der Waals surface area contributed by atoms with Gasteiger partial charge in [0.25, 0.3) is 0 Å². The Morgan fingerprint density at radius 3 is 2.85 bits per heavy atom. The van der Waals surface area contributed by atoms with Gasteiger partial charge in [-0.1, -0.05) is 0 Å². The van der Waals surface area contributed by atoms with E-state index in [2.05, 4.69) is 0 Å². The third kappa shape index (κ3) is 4.02. The van der Waals surface area contributed by atoms with E-state index < -0.39 is 17.6 Å². The number of methoxy groups -OCH3 is 1. The van der Waals surface area contributed by atoms with E-state index in [1.165, 1.54) is 0 Å². The molecule has 3 rings (SSSR count). The molecule has 0 radical (unpaired) electrons. The Bertz CT molecular complexity index is 810. The zero-order valence-electron chi connectivity index (χ0n) is 14.5. The Morgan fingerprint density at radius 2 is 2.08 bits per heavy atom. The van der Waals surface area contributed by atoms with Crippen LogP contribution in [0.1, 0.15) is 28.8 Å². The van der Waals surface area contributed by atoms with Gasteiger partial charge in [0, 0.05) is 24.6 Å². The first-order chi connectivity index (χ1) is 12.5. The fourth-order valence-electron chi connectivity index (χ4n) is 3.38. The third-order valence-electron chi connectivity index (χ3n) is 4.75. The summed E-state index contributed by atoms with van der Waals surface area (Å²) in [5.41, 5.74) is 0.510. The minimum absolute atomic E-state index is 0.162. The molecule has 1 aliphatic heterocycles. The van der Waals surface area contributed by atoms with Crippen molar-refractivity contribution in [2.75, 3.05) is 20.2 Å². The van der Waals surface area contributed by atoms with E-state index in [-0.39, 0.29) is 17.1 Å². The van der Waals surface area contributed by atoms with Crippen LogP contribution in [0.15, 0.2) is 36.4 Å². The Balaban J connectivity index is 1.73. The van der Waals surface area contributed by atoms with Gasteiger partial charge in [-0.15, -0.1) is 0 Å². The maximum Gasteiger partial charge on any atom is 0.170 e. The van der Waals surface area contributed by atoms with Crippen LogP contribution in [0.2, 0.25) is 0 Å². The van der Waals surface area contributed by atoms with Crippen LogP contribution in [-0.2, 0) is 6.54 Å². The second-order valence-electron chi connectivity index (χ2n) is 6.56. The standard InChI is InChI=1S/C20H21F2NO3/c1-26-16-5-7-19(24)14(9-16)12-23-8-2-3-13(11-23)20(25)17-10-15(21)4-6-18(17)22/h4-7,9-10,13,24H,2-3,8,11-12H2,1H3/t13-/m1/s1. The number of phenols is 1. The fourth-order valence-corrected chi connectivity index (χ4v) is 3.38. The number of hydrogen-bond acceptors (Lipinski definition) is 4. The molecule has 1 heterocycles. The molecule has 0 amide bonds. The summed E-state index contributed by atoms with van der Waals surface area (Å²) in [7, 11) is 1.55. The van der Waals surface area contributed by atoms with Crippen LogP contribution in [0.25, 0.3) is 0 Å². The van der Waals surface area contributed by atoms with Crippen LogP contribution in [0.3, 0.4) is 0 Å². The highest BCUT2D eigenvalue weighted by Crippen LogP contribution is 2.28. The molecule has 0 bridgehead atoms. The van der Waals surface area contributed by atoms with Crippen molar-refractivity contribution in [3.63, 3.8) is 0 Å². The number of benzene rings is 2. The number of Topliss-reactive ketones (excluding diaryl/α,β-unsaturated/α-hetero) is 1. The topological polar surface area (TPSA) is 49.8 Å². The summed E-state index contributed by atoms with van der Waals surface area (Å²) in [4.78, 5) is 14.7. The second-order valence-corrected chi connectivity index (χ2v) is 6.56. The first-order valence-electron chi connectivity index (χ1n) is 8.55. The number of piperidine rings is 1. The van der Waals surface area contributed by atoms with Crippen molar-refractivity contribution >= 4 is 5.78 Å². The lowest BCUT2D eigenvalue weighted by Crippen LogP contribution is -2.38. The molecule has 1 N–H and O–H groups in total. The highest BCUT2D eigenvalue weighted by atomic mass is 19.1. The van der Waals surface area contributed by atoms with Gasteiger partial charge in [-0.25, -0.2) is 8.78 Å². The lowest BCUT2D eigenvalue weighted by molar-refractivity contribution is 0.0806. The third-order valence-corrected chi connectivity index (χ3v) is 4.75. The smallest absolute Gasteiger partial charge is 0.170 e. The van der Waals surface area contributed by atoms with E-state index in [0.29, 0.717) is 30.8 Å². The van der Waals surface area contributed by atoms with Crippen LogP contribution < -0.4 is 4.74 Å². The number of phenolic OH excluding ortho intramolecular Hbond substituents is 1. The van der Waals surface area contributed by atoms with E-state index in [1.807, 2.05) is 4.90 Å². The molecule has 138 valence electrons. The maximum absolute atomic E-state index is 13.9. The average molecular weight is 361 g/mol. The minimum Gasteiger partial charge on any atom is -0.508 e. The van der Waals surface area contributed by atoms with Gasteiger partial charge in [-0.05, 0) is 55.8 Å². The first-order valence-corrected chi connectivity index (χ1v) is 8.55. The van der Waals surface area contributed by atoms with Gasteiger partial charge in [0.1, 0.15) is 23.1 Å². The normalized spacial score (nSPS) is 17.9. The van der Waals surface area contributed by atoms with Crippen LogP contribution in [0.5, 0.6) is 11.5 Å². The molecule has 26 heavy (non-hydrogen) atoms. The highest BCUT2D eigenvalue weighted by Gasteiger charge is 2.28. The van der Waals surface area contributed by atoms with Gasteiger partial charge in [-0.3, -0.25) is 9.69 Å². The number of rotatable bonds is 5. The molecule has 0 aromatic heterocycles. The SMILES string of the molecule is COc1ccc(O)c(CN2CCC[C@@H](C(=O)c3cc(F)ccc3F)C2)c1. The number of carbonyl (C=O) groups excluding carboxylic acids is 1. The van der Waals surface area contributed by atoms with Gasteiger partial charge >= 0.3 is 0 Å². The molecule has 0 spiro atoms. The lowest BCUT2D eigenvalue weighted by atomic mass is 9.89. The molecule has 6 heteroatoms. The summed E-state index contributed by atoms with van der Waals surface area (Å²) in [5, 5.41) is 10.0. The van der Waals surface area contributed by atoms with Crippen LogP contribution in [0, 0.1) is 17.6 Å². The zero-order chi connectivity index (χ0) is 18.7. The second kappa shape index (κ2) is 7.83. The van der Waals surface area contributed by atoms with E-state index >= 15 is 0 Å². The summed E-state index contributed by atoms with van der Waals surface area (Å²) < 4.78 is 32.5. The molecule has 0 aliphatic carbocycles. The van der Waals surface area contributed by atoms with Crippen molar-refractivity contribution in [1.29, 1.82) is 0 Å². The number of halogens is 2. The lowest BCUT2D eigenvalue weighted by Gasteiger charge is -2.32. The van der Waals surface area contributed by atoms with E-state index in [9.17, 15) is 18.7 Å². The van der Waals surface area contributed by atoms with Crippen molar-refractivity contribution in [3.8, 4) is 11.5 Å². The summed E-state index contributed by atoms with van der Waals surface area (Å²) in [6.07, 6.45) is 1.41. The number of ketones is 1. The van der Waals surface area contributed by atoms with Gasteiger partial charge < -0.3 is 9.84 Å². The van der Waals surface area contributed by atoms with E-state index in [4.69, 9.17) is 4.74 Å². The van der Waals surface area contributed by atoms with Crippen LogP contribution in [0.4, 0.5) is 8.78 Å². The van der Waals surface area contributed by atoms with Crippen molar-refractivity contribution in [3.05, 3.63) is 59.2 Å². The molecule has 1 saturated heterocycles. The Morgan fingerprint density at radius 1 is 1.27 bits per heavy atom. The Kier molecular flexibility index (Phi) is 5.52. The minimum atomic E-state index is -0.695. The van der Waals surface area contributed by atoms with E-state index in [0.717, 1.165) is 31.2 Å². The van der Waals surface area contributed by atoms with Crippen molar-refractivity contribution < 1.29 is 23.4 Å². The van der Waals surface area contributed by atoms with Crippen LogP contribution >= 0.6 is 0 Å². The molecular formula is C20H21F2NO3. The maximum atomic E-state index is 13.9. The van der Waals surface area contributed by atoms with Crippen molar-refractivity contribution in [1.82, 2.24) is 4.90 Å². The summed E-state index contributed by atoms with van der Waals surface area (Å²) in [6, 6.07) is 7.96. The monoisotopic (exact) mass is 361 g/mol. The zero-order valence-corrected chi connectivity index (χ0v) is 14.5. The number of hydrogen-bond donors (Lipinski definition) is 1. The summed E-state index contributed by atoms with van der Waals surface area (Å²) >= 11 is 0. The molecular weight excluding hydrogens is 340 g/mol. The highest BCUT2D eigenvalue weighted by molar-refractivity contribution is 5.98. The number of carbonyl (C=O) groups is 1.